The molecule has 2 amide bonds. The highest BCUT2D eigenvalue weighted by Crippen LogP contribution is 2.22. The van der Waals surface area contributed by atoms with Crippen molar-refractivity contribution in [1.29, 1.82) is 0 Å². The zero-order valence-electron chi connectivity index (χ0n) is 22.5. The first-order chi connectivity index (χ1) is 19.0. The molecule has 0 aromatic heterocycles. The molecule has 0 saturated carbocycles. The molecular formula is C32H40N2O5. The van der Waals surface area contributed by atoms with Crippen molar-refractivity contribution in [2.45, 2.75) is 63.5 Å². The van der Waals surface area contributed by atoms with Gasteiger partial charge in [-0.2, -0.15) is 0 Å². The number of rotatable bonds is 7. The summed E-state index contributed by atoms with van der Waals surface area (Å²) in [6.45, 7) is 0.623. The molecule has 0 spiro atoms. The Morgan fingerprint density at radius 2 is 1.62 bits per heavy atom. The molecular weight excluding hydrogens is 492 g/mol. The Labute approximate surface area is 231 Å². The van der Waals surface area contributed by atoms with E-state index in [0.29, 0.717) is 38.6 Å². The molecule has 2 N–H and O–H groups in total. The van der Waals surface area contributed by atoms with Crippen LogP contribution in [0, 0.1) is 11.8 Å². The number of carbonyl (C=O) groups is 3. The number of cyclic esters (lactones) is 1. The van der Waals surface area contributed by atoms with Crippen LogP contribution in [-0.2, 0) is 32.0 Å². The highest BCUT2D eigenvalue weighted by atomic mass is 16.5. The first-order valence-electron chi connectivity index (χ1n) is 14.1. The number of nitrogens with zero attached hydrogens (tertiary/aromatic N) is 1. The number of carbonyl (C=O) groups excluding carboxylic acids is 3. The van der Waals surface area contributed by atoms with Crippen molar-refractivity contribution in [3.05, 3.63) is 83.9 Å². The quantitative estimate of drug-likeness (QED) is 0.417. The Bertz CT molecular complexity index is 1100. The third-order valence-corrected chi connectivity index (χ3v) is 7.73. The lowest BCUT2D eigenvalue weighted by Crippen LogP contribution is -2.45. The van der Waals surface area contributed by atoms with Gasteiger partial charge in [-0.15, -0.1) is 0 Å². The summed E-state index contributed by atoms with van der Waals surface area (Å²) in [4.78, 5) is 41.5. The number of hydrogen-bond acceptors (Lipinski definition) is 5. The van der Waals surface area contributed by atoms with Gasteiger partial charge in [0.2, 0.25) is 11.8 Å². The normalized spacial score (nSPS) is 24.7. The summed E-state index contributed by atoms with van der Waals surface area (Å²) in [7, 11) is 0. The summed E-state index contributed by atoms with van der Waals surface area (Å²) in [6, 6.07) is 19.1. The lowest BCUT2D eigenvalue weighted by Gasteiger charge is -2.26. The maximum atomic E-state index is 13.5. The zero-order valence-corrected chi connectivity index (χ0v) is 22.5. The first-order valence-corrected chi connectivity index (χ1v) is 14.1. The van der Waals surface area contributed by atoms with Gasteiger partial charge in [0, 0.05) is 13.0 Å². The number of amides is 2. The third-order valence-electron chi connectivity index (χ3n) is 7.73. The molecule has 0 aliphatic carbocycles. The van der Waals surface area contributed by atoms with Gasteiger partial charge in [0.25, 0.3) is 0 Å². The van der Waals surface area contributed by atoms with Crippen LogP contribution in [0.4, 0.5) is 0 Å². The molecule has 0 bridgehead atoms. The second-order valence-electron chi connectivity index (χ2n) is 10.7. The number of allylic oxidation sites excluding steroid dienone is 2. The monoisotopic (exact) mass is 532 g/mol. The molecule has 39 heavy (non-hydrogen) atoms. The molecule has 2 aromatic carbocycles. The molecule has 208 valence electrons. The van der Waals surface area contributed by atoms with Crippen molar-refractivity contribution in [3.8, 4) is 0 Å². The number of likely N-dealkylation sites (tertiary alicyclic amines) is 1. The maximum Gasteiger partial charge on any atom is 0.309 e. The highest BCUT2D eigenvalue weighted by molar-refractivity contribution is 5.86. The second kappa shape index (κ2) is 14.6. The van der Waals surface area contributed by atoms with Crippen molar-refractivity contribution < 1.29 is 24.2 Å². The van der Waals surface area contributed by atoms with Crippen LogP contribution in [0.3, 0.4) is 0 Å². The minimum Gasteiger partial charge on any atom is -0.463 e. The number of aliphatic hydroxyl groups is 1. The number of benzene rings is 2. The van der Waals surface area contributed by atoms with Gasteiger partial charge in [0.1, 0.15) is 6.61 Å². The Morgan fingerprint density at radius 3 is 2.31 bits per heavy atom. The van der Waals surface area contributed by atoms with Crippen LogP contribution >= 0.6 is 0 Å². The lowest BCUT2D eigenvalue weighted by molar-refractivity contribution is -0.150. The lowest BCUT2D eigenvalue weighted by atomic mass is 9.94. The molecule has 2 aliphatic heterocycles. The summed E-state index contributed by atoms with van der Waals surface area (Å²) in [5.41, 5.74) is 2.11. The standard InChI is InChI=1S/C32H40N2O5/c35-22-29-17-10-18-34(29)30(36)21-26-15-8-3-9-16-27(19-24-11-4-1-5-12-24)32(38)39-23-28(33-31(26)37)20-25-13-6-2-7-14-25/h1-8,11-14,26-29,35H,9-10,15-23H2,(H,33,37)/t26-,27-,28-,29+/m1/s1. The van der Waals surface area contributed by atoms with E-state index in [9.17, 15) is 19.5 Å². The molecule has 7 heteroatoms. The fourth-order valence-electron chi connectivity index (χ4n) is 5.51. The van der Waals surface area contributed by atoms with E-state index in [1.165, 1.54) is 0 Å². The maximum absolute atomic E-state index is 13.5. The van der Waals surface area contributed by atoms with E-state index in [4.69, 9.17) is 4.74 Å². The van der Waals surface area contributed by atoms with Crippen LogP contribution in [0.25, 0.3) is 0 Å². The molecule has 0 radical (unpaired) electrons. The fraction of sp³-hybridized carbons (Fsp3) is 0.469. The largest absolute Gasteiger partial charge is 0.463 e. The Hall–Kier alpha value is -3.45. The van der Waals surface area contributed by atoms with Gasteiger partial charge in [-0.05, 0) is 56.1 Å². The minimum absolute atomic E-state index is 0.0584. The van der Waals surface area contributed by atoms with Crippen LogP contribution in [0.2, 0.25) is 0 Å². The third kappa shape index (κ3) is 8.52. The Kier molecular flexibility index (Phi) is 10.7. The van der Waals surface area contributed by atoms with E-state index in [-0.39, 0.29) is 49.4 Å². The summed E-state index contributed by atoms with van der Waals surface area (Å²) >= 11 is 0. The summed E-state index contributed by atoms with van der Waals surface area (Å²) < 4.78 is 5.82. The summed E-state index contributed by atoms with van der Waals surface area (Å²) in [5.74, 6) is -1.39. The van der Waals surface area contributed by atoms with Crippen molar-refractivity contribution >= 4 is 17.8 Å². The van der Waals surface area contributed by atoms with Crippen LogP contribution in [0.1, 0.15) is 49.7 Å². The van der Waals surface area contributed by atoms with Gasteiger partial charge in [0.05, 0.1) is 30.5 Å². The van der Waals surface area contributed by atoms with Crippen LogP contribution in [0.5, 0.6) is 0 Å². The molecule has 4 rings (SSSR count). The Morgan fingerprint density at radius 1 is 0.923 bits per heavy atom. The topological polar surface area (TPSA) is 95.9 Å². The number of nitrogens with one attached hydrogen (secondary N) is 1. The average molecular weight is 533 g/mol. The first kappa shape index (κ1) is 28.6. The van der Waals surface area contributed by atoms with Gasteiger partial charge in [-0.25, -0.2) is 0 Å². The average Bonchev–Trinajstić information content (AvgIpc) is 3.44. The van der Waals surface area contributed by atoms with Gasteiger partial charge in [0.15, 0.2) is 0 Å². The van der Waals surface area contributed by atoms with Gasteiger partial charge in [-0.3, -0.25) is 14.4 Å². The van der Waals surface area contributed by atoms with Crippen molar-refractivity contribution in [3.63, 3.8) is 0 Å². The van der Waals surface area contributed by atoms with E-state index < -0.39 is 12.0 Å². The van der Waals surface area contributed by atoms with Crippen LogP contribution < -0.4 is 5.32 Å². The van der Waals surface area contributed by atoms with Crippen LogP contribution in [0.15, 0.2) is 72.8 Å². The zero-order chi connectivity index (χ0) is 27.5. The molecule has 1 saturated heterocycles. The van der Waals surface area contributed by atoms with Gasteiger partial charge in [-0.1, -0.05) is 72.8 Å². The fourth-order valence-corrected chi connectivity index (χ4v) is 5.51. The smallest absolute Gasteiger partial charge is 0.309 e. The van der Waals surface area contributed by atoms with Crippen LogP contribution in [-0.4, -0.2) is 59.6 Å². The summed E-state index contributed by atoms with van der Waals surface area (Å²) in [6.07, 6.45) is 8.57. The predicted octanol–water partition coefficient (Wildman–Crippen LogP) is 3.85. The van der Waals surface area contributed by atoms with Crippen molar-refractivity contribution in [2.24, 2.45) is 11.8 Å². The van der Waals surface area contributed by atoms with E-state index in [1.54, 1.807) is 4.90 Å². The minimum atomic E-state index is -0.538. The number of esters is 1. The molecule has 0 unspecified atom stereocenters. The summed E-state index contributed by atoms with van der Waals surface area (Å²) in [5, 5.41) is 12.8. The molecule has 7 nitrogen and oxygen atoms in total. The van der Waals surface area contributed by atoms with Gasteiger partial charge < -0.3 is 20.1 Å². The number of hydrogen-bond donors (Lipinski definition) is 2. The van der Waals surface area contributed by atoms with Crippen molar-refractivity contribution in [1.82, 2.24) is 10.2 Å². The van der Waals surface area contributed by atoms with E-state index >= 15 is 0 Å². The number of ether oxygens (including phenoxy) is 1. The molecule has 1 fully saturated rings. The van der Waals surface area contributed by atoms with E-state index in [2.05, 4.69) is 5.32 Å². The van der Waals surface area contributed by atoms with E-state index in [1.807, 2.05) is 72.8 Å². The highest BCUT2D eigenvalue weighted by Gasteiger charge is 2.32. The SMILES string of the molecule is O=C1N[C@H](Cc2ccccc2)COC(=O)[C@@H](Cc2ccccc2)CCC=CC[C@@H]1CC(=O)N1CCC[C@H]1CO. The molecule has 4 atom stereocenters. The Balaban J connectivity index is 1.51. The molecule has 2 heterocycles. The number of aliphatic hydroxyl groups excluding tert-OH is 1. The van der Waals surface area contributed by atoms with E-state index in [0.717, 1.165) is 24.0 Å². The molecule has 2 aliphatic rings. The van der Waals surface area contributed by atoms with Gasteiger partial charge >= 0.3 is 5.97 Å². The predicted molar refractivity (Wildman–Crippen MR) is 150 cm³/mol. The second-order valence-corrected chi connectivity index (χ2v) is 10.7. The van der Waals surface area contributed by atoms with Crippen molar-refractivity contribution in [2.75, 3.05) is 19.8 Å². The molecule has 2 aromatic rings.